The summed E-state index contributed by atoms with van der Waals surface area (Å²) in [5.41, 5.74) is 3.23. The maximum absolute atomic E-state index is 12.7. The maximum Gasteiger partial charge on any atom is 0.337 e. The van der Waals surface area contributed by atoms with Crippen molar-refractivity contribution in [1.82, 2.24) is 9.80 Å². The van der Waals surface area contributed by atoms with Crippen molar-refractivity contribution >= 4 is 40.2 Å². The normalized spacial score (nSPS) is 18.4. The number of ether oxygens (including phenoxy) is 1. The Hall–Kier alpha value is -2.78. The molecule has 0 aromatic heterocycles. The van der Waals surface area contributed by atoms with E-state index >= 15 is 0 Å². The molecule has 0 saturated heterocycles. The Kier molecular flexibility index (Phi) is 5.10. The molecule has 1 aromatic carbocycles. The molecule has 3 heterocycles. The Morgan fingerprint density at radius 1 is 1.43 bits per heavy atom. The first kappa shape index (κ1) is 18.6. The average Bonchev–Trinajstić information content (AvgIpc) is 3.39. The third kappa shape index (κ3) is 3.27. The molecule has 146 valence electrons. The lowest BCUT2D eigenvalue weighted by atomic mass is 10.1. The minimum Gasteiger partial charge on any atom is -0.466 e. The van der Waals surface area contributed by atoms with E-state index in [4.69, 9.17) is 9.84 Å². The molecule has 8 nitrogen and oxygen atoms in total. The smallest absolute Gasteiger partial charge is 0.337 e. The van der Waals surface area contributed by atoms with Crippen LogP contribution in [0, 0.1) is 0 Å². The fraction of sp³-hybridized carbons (Fsp3) is 0.316. The Morgan fingerprint density at radius 3 is 3.07 bits per heavy atom. The first-order valence-electron chi connectivity index (χ1n) is 8.90. The van der Waals surface area contributed by atoms with E-state index in [0.717, 1.165) is 29.5 Å². The number of benzene rings is 1. The quantitative estimate of drug-likeness (QED) is 0.690. The lowest BCUT2D eigenvalue weighted by Crippen LogP contribution is -2.31. The molecule has 0 saturated carbocycles. The minimum atomic E-state index is -0.555. The highest BCUT2D eigenvalue weighted by molar-refractivity contribution is 8.16. The number of amides is 1. The van der Waals surface area contributed by atoms with Gasteiger partial charge in [0.15, 0.2) is 5.17 Å². The van der Waals surface area contributed by atoms with Crippen LogP contribution < -0.4 is 5.32 Å². The van der Waals surface area contributed by atoms with Crippen molar-refractivity contribution in [3.05, 3.63) is 46.5 Å². The summed E-state index contributed by atoms with van der Waals surface area (Å²) in [7, 11) is 1.28. The van der Waals surface area contributed by atoms with Gasteiger partial charge in [0, 0.05) is 29.7 Å². The van der Waals surface area contributed by atoms with Crippen LogP contribution in [0.15, 0.2) is 45.9 Å². The molecule has 1 amide bonds. The number of hydrogen-bond acceptors (Lipinski definition) is 8. The van der Waals surface area contributed by atoms with Gasteiger partial charge < -0.3 is 25.0 Å². The molecule has 0 spiro atoms. The number of nitrogens with one attached hydrogen (secondary N) is 1. The first-order chi connectivity index (χ1) is 13.6. The molecule has 28 heavy (non-hydrogen) atoms. The second kappa shape index (κ2) is 7.69. The molecule has 0 atom stereocenters. The van der Waals surface area contributed by atoms with Gasteiger partial charge in [-0.3, -0.25) is 9.79 Å². The summed E-state index contributed by atoms with van der Waals surface area (Å²) >= 11 is 1.61. The van der Waals surface area contributed by atoms with Gasteiger partial charge in [-0.1, -0.05) is 23.9 Å². The summed E-state index contributed by atoms with van der Waals surface area (Å²) in [5, 5.41) is 15.3. The molecule has 0 fully saturated rings. The van der Waals surface area contributed by atoms with Crippen molar-refractivity contribution in [3.8, 4) is 0 Å². The van der Waals surface area contributed by atoms with Crippen LogP contribution in [0.4, 0.5) is 5.69 Å². The Morgan fingerprint density at radius 2 is 2.29 bits per heavy atom. The lowest BCUT2D eigenvalue weighted by molar-refractivity contribution is -0.136. The second-order valence-corrected chi connectivity index (χ2v) is 7.27. The number of β-amino-alcohol motifs (C(OH)–C–C–N with tert-alkyl or cyclic N) is 1. The van der Waals surface area contributed by atoms with Crippen LogP contribution in [0.5, 0.6) is 0 Å². The van der Waals surface area contributed by atoms with Gasteiger partial charge in [0.2, 0.25) is 0 Å². The van der Waals surface area contributed by atoms with Gasteiger partial charge >= 0.3 is 5.97 Å². The minimum absolute atomic E-state index is 0.115. The first-order valence-corrected chi connectivity index (χ1v) is 9.78. The van der Waals surface area contributed by atoms with Crippen molar-refractivity contribution < 1.29 is 19.4 Å². The molecule has 0 radical (unpaired) electrons. The summed E-state index contributed by atoms with van der Waals surface area (Å²) in [6, 6.07) is 7.69. The Labute approximate surface area is 166 Å². The lowest BCUT2D eigenvalue weighted by Gasteiger charge is -2.18. The summed E-state index contributed by atoms with van der Waals surface area (Å²) in [4.78, 5) is 32.8. The van der Waals surface area contributed by atoms with E-state index < -0.39 is 5.97 Å². The number of carbonyl (C=O) groups is 2. The second-order valence-electron chi connectivity index (χ2n) is 6.44. The van der Waals surface area contributed by atoms with Gasteiger partial charge in [-0.25, -0.2) is 4.79 Å². The zero-order valence-corrected chi connectivity index (χ0v) is 16.2. The van der Waals surface area contributed by atoms with Crippen LogP contribution in [-0.4, -0.2) is 71.8 Å². The van der Waals surface area contributed by atoms with Crippen LogP contribution in [0.2, 0.25) is 0 Å². The van der Waals surface area contributed by atoms with Crippen molar-refractivity contribution in [2.75, 3.05) is 45.2 Å². The number of aliphatic imine (C=N–C) groups is 1. The SMILES string of the molecule is COC(=O)C1=C(Nc2cccc(C3=CSC4=NCCN34)c2)C(=O)N(CCO)C1. The summed E-state index contributed by atoms with van der Waals surface area (Å²) in [6.45, 7) is 1.75. The number of fused-ring (bicyclic) bond motifs is 1. The van der Waals surface area contributed by atoms with E-state index in [-0.39, 0.29) is 36.9 Å². The predicted molar refractivity (Wildman–Crippen MR) is 107 cm³/mol. The maximum atomic E-state index is 12.7. The predicted octanol–water partition coefficient (Wildman–Crippen LogP) is 1.08. The van der Waals surface area contributed by atoms with Crippen LogP contribution in [0.3, 0.4) is 0 Å². The number of carbonyl (C=O) groups excluding carboxylic acids is 2. The van der Waals surface area contributed by atoms with E-state index in [1.165, 1.54) is 12.0 Å². The van der Waals surface area contributed by atoms with Gasteiger partial charge in [0.1, 0.15) is 5.70 Å². The third-order valence-electron chi connectivity index (χ3n) is 4.75. The highest BCUT2D eigenvalue weighted by Crippen LogP contribution is 2.36. The summed E-state index contributed by atoms with van der Waals surface area (Å²) in [5.74, 6) is -0.885. The number of esters is 1. The molecular weight excluding hydrogens is 380 g/mol. The standard InChI is InChI=1S/C19H20N4O4S/c1-27-18(26)14-10-22(7-8-24)17(25)16(14)21-13-4-2-3-12(9-13)15-11-28-19-20-5-6-23(15)19/h2-4,9,11,21,24H,5-8,10H2,1H3. The Bertz CT molecular complexity index is 924. The number of hydrogen-bond donors (Lipinski definition) is 2. The van der Waals surface area contributed by atoms with E-state index in [0.29, 0.717) is 5.69 Å². The molecule has 1 aromatic rings. The van der Waals surface area contributed by atoms with Crippen molar-refractivity contribution in [1.29, 1.82) is 0 Å². The zero-order chi connectivity index (χ0) is 19.7. The zero-order valence-electron chi connectivity index (χ0n) is 15.3. The van der Waals surface area contributed by atoms with Gasteiger partial charge in [0.25, 0.3) is 5.91 Å². The molecule has 0 aliphatic carbocycles. The van der Waals surface area contributed by atoms with Gasteiger partial charge in [-0.2, -0.15) is 0 Å². The topological polar surface area (TPSA) is 94.5 Å². The molecule has 0 bridgehead atoms. The Balaban J connectivity index is 1.60. The fourth-order valence-electron chi connectivity index (χ4n) is 3.40. The summed E-state index contributed by atoms with van der Waals surface area (Å²) < 4.78 is 4.82. The monoisotopic (exact) mass is 400 g/mol. The van der Waals surface area contributed by atoms with Crippen molar-refractivity contribution in [2.24, 2.45) is 4.99 Å². The van der Waals surface area contributed by atoms with Crippen LogP contribution >= 0.6 is 11.8 Å². The molecule has 3 aliphatic heterocycles. The number of nitrogens with zero attached hydrogens (tertiary/aromatic N) is 3. The van der Waals surface area contributed by atoms with Crippen LogP contribution in [-0.2, 0) is 14.3 Å². The number of amidine groups is 1. The van der Waals surface area contributed by atoms with E-state index in [9.17, 15) is 9.59 Å². The number of rotatable bonds is 6. The number of thioether (sulfide) groups is 1. The number of anilines is 1. The molecule has 0 unspecified atom stereocenters. The fourth-order valence-corrected chi connectivity index (χ4v) is 4.36. The molecular formula is C19H20N4O4S. The third-order valence-corrected chi connectivity index (χ3v) is 5.65. The molecule has 3 aliphatic rings. The van der Waals surface area contributed by atoms with Crippen LogP contribution in [0.25, 0.3) is 5.70 Å². The van der Waals surface area contributed by atoms with E-state index in [2.05, 4.69) is 20.6 Å². The van der Waals surface area contributed by atoms with Crippen molar-refractivity contribution in [2.45, 2.75) is 0 Å². The van der Waals surface area contributed by atoms with Gasteiger partial charge in [-0.15, -0.1) is 0 Å². The highest BCUT2D eigenvalue weighted by atomic mass is 32.2. The number of aliphatic hydroxyl groups excluding tert-OH is 1. The average molecular weight is 400 g/mol. The summed E-state index contributed by atoms with van der Waals surface area (Å²) in [6.07, 6.45) is 0. The van der Waals surface area contributed by atoms with E-state index in [1.807, 2.05) is 24.3 Å². The molecule has 2 N–H and O–H groups in total. The largest absolute Gasteiger partial charge is 0.466 e. The number of methoxy groups -OCH3 is 1. The number of aliphatic hydroxyl groups is 1. The molecule has 4 rings (SSSR count). The van der Waals surface area contributed by atoms with E-state index in [1.54, 1.807) is 11.8 Å². The van der Waals surface area contributed by atoms with Crippen LogP contribution in [0.1, 0.15) is 5.56 Å². The van der Waals surface area contributed by atoms with Gasteiger partial charge in [-0.05, 0) is 12.1 Å². The van der Waals surface area contributed by atoms with Crippen molar-refractivity contribution in [3.63, 3.8) is 0 Å². The molecule has 9 heteroatoms. The van der Waals surface area contributed by atoms with Gasteiger partial charge in [0.05, 0.1) is 38.1 Å². The highest BCUT2D eigenvalue weighted by Gasteiger charge is 2.34.